The van der Waals surface area contributed by atoms with Crippen LogP contribution in [0.4, 0.5) is 0 Å². The molecule has 1 aromatic rings. The van der Waals surface area contributed by atoms with Crippen molar-refractivity contribution >= 4 is 5.96 Å². The van der Waals surface area contributed by atoms with Crippen molar-refractivity contribution in [1.29, 1.82) is 0 Å². The highest BCUT2D eigenvalue weighted by Crippen LogP contribution is 2.41. The zero-order valence-corrected chi connectivity index (χ0v) is 14.4. The smallest absolute Gasteiger partial charge is 0.188 e. The highest BCUT2D eigenvalue weighted by atomic mass is 16.5. The lowest BCUT2D eigenvalue weighted by atomic mass is 9.83. The number of hydrogen-bond donors (Lipinski definition) is 2. The van der Waals surface area contributed by atoms with Crippen LogP contribution in [0, 0.1) is 5.41 Å². The van der Waals surface area contributed by atoms with E-state index >= 15 is 0 Å². The number of hydrogen-bond acceptors (Lipinski definition) is 2. The Morgan fingerprint density at radius 1 is 1.26 bits per heavy atom. The third-order valence-corrected chi connectivity index (χ3v) is 4.79. The molecular formula is C19H31N3O. The third-order valence-electron chi connectivity index (χ3n) is 4.79. The Labute approximate surface area is 140 Å². The zero-order valence-electron chi connectivity index (χ0n) is 14.4. The molecule has 23 heavy (non-hydrogen) atoms. The summed E-state index contributed by atoms with van der Waals surface area (Å²) >= 11 is 0. The van der Waals surface area contributed by atoms with Crippen molar-refractivity contribution in [2.24, 2.45) is 16.1 Å². The SMILES string of the molecule is CCOCCC1(CN=C(N)NCCc2ccccc2)CCCC1. The Hall–Kier alpha value is -1.55. The molecule has 0 atom stereocenters. The molecule has 4 nitrogen and oxygen atoms in total. The summed E-state index contributed by atoms with van der Waals surface area (Å²) in [6, 6.07) is 10.4. The molecule has 1 aliphatic carbocycles. The lowest BCUT2D eigenvalue weighted by Gasteiger charge is -2.27. The molecule has 0 heterocycles. The summed E-state index contributed by atoms with van der Waals surface area (Å²) in [5.74, 6) is 0.573. The highest BCUT2D eigenvalue weighted by Gasteiger charge is 2.33. The molecule has 0 saturated heterocycles. The van der Waals surface area contributed by atoms with Gasteiger partial charge in [0.05, 0.1) is 0 Å². The van der Waals surface area contributed by atoms with Crippen LogP contribution >= 0.6 is 0 Å². The molecule has 1 fully saturated rings. The second kappa shape index (κ2) is 9.56. The summed E-state index contributed by atoms with van der Waals surface area (Å²) in [5, 5.41) is 3.24. The fourth-order valence-electron chi connectivity index (χ4n) is 3.33. The van der Waals surface area contributed by atoms with Gasteiger partial charge in [0.15, 0.2) is 5.96 Å². The standard InChI is InChI=1S/C19H31N3O/c1-2-23-15-13-19(11-6-7-12-19)16-22-18(20)21-14-10-17-8-4-3-5-9-17/h3-5,8-9H,2,6-7,10-16H2,1H3,(H3,20,21,22). The molecule has 0 aliphatic heterocycles. The van der Waals surface area contributed by atoms with E-state index < -0.39 is 0 Å². The van der Waals surface area contributed by atoms with Gasteiger partial charge in [-0.15, -0.1) is 0 Å². The van der Waals surface area contributed by atoms with Gasteiger partial charge in [-0.05, 0) is 43.6 Å². The Morgan fingerprint density at radius 2 is 2.00 bits per heavy atom. The van der Waals surface area contributed by atoms with Crippen molar-refractivity contribution in [2.45, 2.75) is 45.4 Å². The fraction of sp³-hybridized carbons (Fsp3) is 0.632. The normalized spacial score (nSPS) is 17.3. The van der Waals surface area contributed by atoms with E-state index in [1.165, 1.54) is 31.2 Å². The third kappa shape index (κ3) is 6.22. The molecule has 3 N–H and O–H groups in total. The molecule has 1 aliphatic rings. The van der Waals surface area contributed by atoms with Crippen molar-refractivity contribution in [1.82, 2.24) is 5.32 Å². The maximum atomic E-state index is 6.04. The number of ether oxygens (including phenoxy) is 1. The maximum absolute atomic E-state index is 6.04. The topological polar surface area (TPSA) is 59.6 Å². The van der Waals surface area contributed by atoms with Crippen molar-refractivity contribution in [3.8, 4) is 0 Å². The minimum absolute atomic E-state index is 0.306. The van der Waals surface area contributed by atoms with E-state index in [2.05, 4.69) is 34.6 Å². The molecular weight excluding hydrogens is 286 g/mol. The Morgan fingerprint density at radius 3 is 2.70 bits per heavy atom. The van der Waals surface area contributed by atoms with E-state index in [0.29, 0.717) is 11.4 Å². The van der Waals surface area contributed by atoms with Crippen molar-refractivity contribution < 1.29 is 4.74 Å². The van der Waals surface area contributed by atoms with Crippen molar-refractivity contribution in [3.05, 3.63) is 35.9 Å². The van der Waals surface area contributed by atoms with Crippen LogP contribution in [0.15, 0.2) is 35.3 Å². The summed E-state index contributed by atoms with van der Waals surface area (Å²) < 4.78 is 5.55. The average Bonchev–Trinajstić information content (AvgIpc) is 3.04. The predicted octanol–water partition coefficient (Wildman–Crippen LogP) is 3.12. The number of nitrogens with two attached hydrogens (primary N) is 1. The zero-order chi connectivity index (χ0) is 16.4. The van der Waals surface area contributed by atoms with Gasteiger partial charge in [0.25, 0.3) is 0 Å². The van der Waals surface area contributed by atoms with Gasteiger partial charge in [-0.25, -0.2) is 0 Å². The monoisotopic (exact) mass is 317 g/mol. The second-order valence-electron chi connectivity index (χ2n) is 6.52. The number of rotatable bonds is 9. The molecule has 1 aromatic carbocycles. The molecule has 0 spiro atoms. The Bertz CT molecular complexity index is 467. The molecule has 4 heteroatoms. The number of nitrogens with one attached hydrogen (secondary N) is 1. The van der Waals surface area contributed by atoms with Crippen LogP contribution in [-0.4, -0.2) is 32.3 Å². The first-order chi connectivity index (χ1) is 11.2. The first-order valence-electron chi connectivity index (χ1n) is 8.89. The van der Waals surface area contributed by atoms with Gasteiger partial charge in [0.1, 0.15) is 0 Å². The van der Waals surface area contributed by atoms with Crippen molar-refractivity contribution in [2.75, 3.05) is 26.3 Å². The van der Waals surface area contributed by atoms with E-state index in [9.17, 15) is 0 Å². The summed E-state index contributed by atoms with van der Waals surface area (Å²) in [4.78, 5) is 4.62. The number of aliphatic imine (C=N–C) groups is 1. The van der Waals surface area contributed by atoms with Gasteiger partial charge in [-0.1, -0.05) is 43.2 Å². The van der Waals surface area contributed by atoms with Crippen LogP contribution in [0.25, 0.3) is 0 Å². The van der Waals surface area contributed by atoms with E-state index in [1.807, 2.05) is 13.0 Å². The van der Waals surface area contributed by atoms with E-state index in [1.54, 1.807) is 0 Å². The van der Waals surface area contributed by atoms with Crippen LogP contribution in [0.1, 0.15) is 44.6 Å². The van der Waals surface area contributed by atoms with Gasteiger partial charge in [0.2, 0.25) is 0 Å². The van der Waals surface area contributed by atoms with Crippen LogP contribution in [0.3, 0.4) is 0 Å². The predicted molar refractivity (Wildman–Crippen MR) is 96.6 cm³/mol. The molecule has 0 amide bonds. The van der Waals surface area contributed by atoms with Crippen LogP contribution in [0.5, 0.6) is 0 Å². The summed E-state index contributed by atoms with van der Waals surface area (Å²) in [6.07, 6.45) is 7.18. The molecule has 0 unspecified atom stereocenters. The van der Waals surface area contributed by atoms with E-state index in [-0.39, 0.29) is 0 Å². The minimum Gasteiger partial charge on any atom is -0.382 e. The van der Waals surface area contributed by atoms with Crippen LogP contribution in [0.2, 0.25) is 0 Å². The number of guanidine groups is 1. The molecule has 1 saturated carbocycles. The van der Waals surface area contributed by atoms with E-state index in [0.717, 1.165) is 39.1 Å². The molecule has 0 aromatic heterocycles. The second-order valence-corrected chi connectivity index (χ2v) is 6.52. The van der Waals surface area contributed by atoms with Gasteiger partial charge < -0.3 is 15.8 Å². The van der Waals surface area contributed by atoms with Gasteiger partial charge in [0, 0.05) is 26.3 Å². The molecule has 128 valence electrons. The largest absolute Gasteiger partial charge is 0.382 e. The first-order valence-corrected chi connectivity index (χ1v) is 8.89. The lowest BCUT2D eigenvalue weighted by Crippen LogP contribution is -2.35. The van der Waals surface area contributed by atoms with Crippen molar-refractivity contribution in [3.63, 3.8) is 0 Å². The lowest BCUT2D eigenvalue weighted by molar-refractivity contribution is 0.107. The minimum atomic E-state index is 0.306. The summed E-state index contributed by atoms with van der Waals surface area (Å²) in [6.45, 7) is 5.33. The Kier molecular flexibility index (Phi) is 7.40. The summed E-state index contributed by atoms with van der Waals surface area (Å²) in [7, 11) is 0. The Balaban J connectivity index is 1.75. The molecule has 2 rings (SSSR count). The number of nitrogens with zero attached hydrogens (tertiary/aromatic N) is 1. The fourth-order valence-corrected chi connectivity index (χ4v) is 3.33. The quantitative estimate of drug-likeness (QED) is 0.418. The van der Waals surface area contributed by atoms with E-state index in [4.69, 9.17) is 10.5 Å². The van der Waals surface area contributed by atoms with Gasteiger partial charge in [-0.2, -0.15) is 0 Å². The van der Waals surface area contributed by atoms with Gasteiger partial charge in [-0.3, -0.25) is 4.99 Å². The maximum Gasteiger partial charge on any atom is 0.188 e. The average molecular weight is 317 g/mol. The molecule has 0 bridgehead atoms. The van der Waals surface area contributed by atoms with Crippen LogP contribution in [-0.2, 0) is 11.2 Å². The molecule has 0 radical (unpaired) electrons. The summed E-state index contributed by atoms with van der Waals surface area (Å²) in [5.41, 5.74) is 7.66. The first kappa shape index (κ1) is 17.8. The van der Waals surface area contributed by atoms with Crippen LogP contribution < -0.4 is 11.1 Å². The van der Waals surface area contributed by atoms with Gasteiger partial charge >= 0.3 is 0 Å². The number of benzene rings is 1. The highest BCUT2D eigenvalue weighted by molar-refractivity contribution is 5.77.